The van der Waals surface area contributed by atoms with Crippen LogP contribution in [0.2, 0.25) is 0 Å². The Morgan fingerprint density at radius 2 is 1.65 bits per heavy atom. The third kappa shape index (κ3) is 8.03. The molecule has 0 bridgehead atoms. The summed E-state index contributed by atoms with van der Waals surface area (Å²) in [5, 5.41) is 0. The minimum absolute atomic E-state index is 0.00971. The lowest BCUT2D eigenvalue weighted by atomic mass is 9.90. The van der Waals surface area contributed by atoms with Gasteiger partial charge < -0.3 is 23.7 Å². The highest BCUT2D eigenvalue weighted by Crippen LogP contribution is 2.37. The molecule has 0 atom stereocenters. The molecule has 49 heavy (non-hydrogen) atoms. The summed E-state index contributed by atoms with van der Waals surface area (Å²) in [4.78, 5) is 36.8. The van der Waals surface area contributed by atoms with Crippen molar-refractivity contribution in [3.63, 3.8) is 0 Å². The molecule has 2 aromatic heterocycles. The molecule has 0 amide bonds. The topological polar surface area (TPSA) is 98.0 Å². The maximum Gasteiger partial charge on any atom is 0.437 e. The largest absolute Gasteiger partial charge is 0.490 e. The number of anilines is 2. The van der Waals surface area contributed by atoms with Crippen molar-refractivity contribution in [3.8, 4) is 5.75 Å². The van der Waals surface area contributed by atoms with Crippen molar-refractivity contribution < 1.29 is 41.0 Å². The van der Waals surface area contributed by atoms with Crippen LogP contribution in [0.4, 0.5) is 29.4 Å². The maximum absolute atomic E-state index is 14.2. The number of ether oxygens (including phenoxy) is 2. The number of esters is 1. The van der Waals surface area contributed by atoms with Crippen LogP contribution in [0.1, 0.15) is 69.3 Å². The second kappa shape index (κ2) is 14.7. The molecule has 4 heterocycles. The number of hydrogen-bond donors (Lipinski definition) is 0. The molecule has 0 radical (unpaired) electrons. The molecule has 2 aromatic carbocycles. The molecule has 2 fully saturated rings. The Hall–Kier alpha value is -4.94. The van der Waals surface area contributed by atoms with Gasteiger partial charge in [-0.15, -0.1) is 0 Å². The molecule has 258 valence electrons. The molecular formula is C36H36F4N4O5. The molecule has 0 spiro atoms. The molecule has 0 aliphatic carbocycles. The van der Waals surface area contributed by atoms with Gasteiger partial charge in [0.1, 0.15) is 5.82 Å². The van der Waals surface area contributed by atoms with Crippen molar-refractivity contribution in [1.29, 1.82) is 0 Å². The highest BCUT2D eigenvalue weighted by Gasteiger charge is 2.42. The van der Waals surface area contributed by atoms with Crippen LogP contribution in [-0.4, -0.2) is 61.6 Å². The predicted molar refractivity (Wildman–Crippen MR) is 173 cm³/mol. The minimum atomic E-state index is -4.85. The quantitative estimate of drug-likeness (QED) is 0.0986. The lowest BCUT2D eigenvalue weighted by Crippen LogP contribution is -2.36. The molecule has 0 saturated carbocycles. The highest BCUT2D eigenvalue weighted by molar-refractivity contribution is 5.96. The lowest BCUT2D eigenvalue weighted by Gasteiger charge is -2.32. The average molecular weight is 681 g/mol. The van der Waals surface area contributed by atoms with Gasteiger partial charge >= 0.3 is 12.1 Å². The van der Waals surface area contributed by atoms with Gasteiger partial charge in [-0.05, 0) is 72.9 Å². The summed E-state index contributed by atoms with van der Waals surface area (Å²) in [6, 6.07) is 17.0. The summed E-state index contributed by atoms with van der Waals surface area (Å²) in [5.41, 5.74) is 0.525. The molecular weight excluding hydrogens is 644 g/mol. The molecule has 4 aromatic rings. The van der Waals surface area contributed by atoms with E-state index in [1.165, 1.54) is 37.1 Å². The van der Waals surface area contributed by atoms with E-state index in [1.54, 1.807) is 17.0 Å². The number of aromatic nitrogens is 2. The van der Waals surface area contributed by atoms with Crippen molar-refractivity contribution in [2.75, 3.05) is 49.7 Å². The zero-order chi connectivity index (χ0) is 34.5. The monoisotopic (exact) mass is 680 g/mol. The van der Waals surface area contributed by atoms with Gasteiger partial charge in [0.25, 0.3) is 6.01 Å². The Morgan fingerprint density at radius 3 is 2.31 bits per heavy atom. The number of oxazole rings is 1. The predicted octanol–water partition coefficient (Wildman–Crippen LogP) is 7.12. The molecule has 2 aliphatic rings. The smallest absolute Gasteiger partial charge is 0.437 e. The number of pyridine rings is 1. The number of halogens is 4. The molecule has 0 unspecified atom stereocenters. The fourth-order valence-corrected chi connectivity index (χ4v) is 6.32. The van der Waals surface area contributed by atoms with Crippen molar-refractivity contribution >= 4 is 23.6 Å². The number of nitrogens with zero attached hydrogens (tertiary/aromatic N) is 4. The third-order valence-electron chi connectivity index (χ3n) is 9.11. The zero-order valence-corrected chi connectivity index (χ0v) is 26.9. The van der Waals surface area contributed by atoms with Crippen LogP contribution in [0.5, 0.6) is 5.75 Å². The third-order valence-corrected chi connectivity index (χ3v) is 9.11. The normalized spacial score (nSPS) is 16.1. The van der Waals surface area contributed by atoms with Crippen LogP contribution >= 0.6 is 0 Å². The Kier molecular flexibility index (Phi) is 10.2. The average Bonchev–Trinajstić information content (AvgIpc) is 3.59. The summed E-state index contributed by atoms with van der Waals surface area (Å²) < 4.78 is 72.0. The summed E-state index contributed by atoms with van der Waals surface area (Å²) in [5.74, 6) is -1.66. The number of benzene rings is 2. The number of ketones is 1. The fraction of sp³-hybridized carbons (Fsp3) is 0.389. The minimum Gasteiger partial charge on any atom is -0.490 e. The summed E-state index contributed by atoms with van der Waals surface area (Å²) in [6.07, 6.45) is -0.737. The van der Waals surface area contributed by atoms with Gasteiger partial charge in [-0.2, -0.15) is 18.2 Å². The highest BCUT2D eigenvalue weighted by atomic mass is 19.4. The van der Waals surface area contributed by atoms with E-state index in [0.717, 1.165) is 25.7 Å². The van der Waals surface area contributed by atoms with E-state index in [-0.39, 0.29) is 36.3 Å². The van der Waals surface area contributed by atoms with Crippen LogP contribution in [-0.2, 0) is 17.3 Å². The summed E-state index contributed by atoms with van der Waals surface area (Å²) >= 11 is 0. The van der Waals surface area contributed by atoms with Gasteiger partial charge in [0, 0.05) is 38.8 Å². The molecule has 0 N–H and O–H groups in total. The first-order valence-corrected chi connectivity index (χ1v) is 16.2. The van der Waals surface area contributed by atoms with E-state index in [9.17, 15) is 27.2 Å². The number of piperidine rings is 2. The lowest BCUT2D eigenvalue weighted by molar-refractivity contribution is -0.141. The zero-order valence-electron chi connectivity index (χ0n) is 26.9. The number of carbonyl (C=O) groups is 2. The number of methoxy groups -OCH3 is 1. The van der Waals surface area contributed by atoms with Gasteiger partial charge in [-0.3, -0.25) is 4.79 Å². The van der Waals surface area contributed by atoms with Crippen molar-refractivity contribution in [3.05, 3.63) is 101 Å². The van der Waals surface area contributed by atoms with E-state index in [2.05, 4.69) is 19.6 Å². The van der Waals surface area contributed by atoms with Crippen LogP contribution in [0.15, 0.2) is 71.3 Å². The SMILES string of the molecule is COC(=O)c1ccc(F)c(OCC2CCN(c3ccc(CC(=O)c4oc(N5CCC(c6ccccc6)CC5)nc4C(F)(F)F)cn3)CC2)c1. The van der Waals surface area contributed by atoms with E-state index in [1.807, 2.05) is 30.3 Å². The second-order valence-corrected chi connectivity index (χ2v) is 12.3. The number of Topliss-reactive ketones (excluding diaryl/α,β-unsaturated/α-hetero) is 1. The van der Waals surface area contributed by atoms with Crippen molar-refractivity contribution in [2.45, 2.75) is 44.2 Å². The van der Waals surface area contributed by atoms with Crippen LogP contribution in [0.3, 0.4) is 0 Å². The van der Waals surface area contributed by atoms with Gasteiger partial charge in [0.15, 0.2) is 17.3 Å². The van der Waals surface area contributed by atoms with E-state index >= 15 is 0 Å². The van der Waals surface area contributed by atoms with Gasteiger partial charge in [0.05, 0.1) is 19.3 Å². The number of alkyl halides is 3. The molecule has 6 rings (SSSR count). The summed E-state index contributed by atoms with van der Waals surface area (Å²) in [6.45, 7) is 2.51. The number of rotatable bonds is 10. The number of hydrogen-bond acceptors (Lipinski definition) is 9. The van der Waals surface area contributed by atoms with Crippen LogP contribution in [0, 0.1) is 11.7 Å². The number of carbonyl (C=O) groups excluding carboxylic acids is 2. The molecule has 2 saturated heterocycles. The fourth-order valence-electron chi connectivity index (χ4n) is 6.32. The van der Waals surface area contributed by atoms with E-state index in [0.29, 0.717) is 43.5 Å². The Bertz CT molecular complexity index is 1750. The summed E-state index contributed by atoms with van der Waals surface area (Å²) in [7, 11) is 1.25. The van der Waals surface area contributed by atoms with E-state index < -0.39 is 35.2 Å². The first-order chi connectivity index (χ1) is 23.6. The van der Waals surface area contributed by atoms with E-state index in [4.69, 9.17) is 9.15 Å². The molecule has 13 heteroatoms. The van der Waals surface area contributed by atoms with Gasteiger partial charge in [0.2, 0.25) is 11.5 Å². The van der Waals surface area contributed by atoms with Crippen molar-refractivity contribution in [2.24, 2.45) is 5.92 Å². The van der Waals surface area contributed by atoms with Crippen molar-refractivity contribution in [1.82, 2.24) is 9.97 Å². The first kappa shape index (κ1) is 33.9. The first-order valence-electron chi connectivity index (χ1n) is 16.2. The molecule has 9 nitrogen and oxygen atoms in total. The molecule has 2 aliphatic heterocycles. The maximum atomic E-state index is 14.2. The Morgan fingerprint density at radius 1 is 0.939 bits per heavy atom. The Labute approximate surface area is 280 Å². The van der Waals surface area contributed by atoms with Gasteiger partial charge in [-0.25, -0.2) is 14.2 Å². The van der Waals surface area contributed by atoms with Crippen LogP contribution in [0.25, 0.3) is 0 Å². The standard InChI is InChI=1S/C36H36F4N4O5/c1-47-34(46)27-8-9-28(37)30(20-27)48-22-23-11-15-43(16-12-23)31-10-7-24(21-41-31)19-29(45)32-33(36(38,39)40)42-35(49-32)44-17-13-26(14-18-44)25-5-3-2-4-6-25/h2-10,20-21,23,26H,11-19,22H2,1H3. The second-order valence-electron chi connectivity index (χ2n) is 12.3. The van der Waals surface area contributed by atoms with Gasteiger partial charge in [-0.1, -0.05) is 36.4 Å². The Balaban J connectivity index is 1.03. The van der Waals surface area contributed by atoms with Crippen LogP contribution < -0.4 is 14.5 Å².